The van der Waals surface area contributed by atoms with Gasteiger partial charge >= 0.3 is 0 Å². The molecule has 0 unspecified atom stereocenters. The van der Waals surface area contributed by atoms with E-state index in [0.717, 1.165) is 40.7 Å². The third kappa shape index (κ3) is 3.20. The number of nitrogens with zero attached hydrogens (tertiary/aromatic N) is 1. The van der Waals surface area contributed by atoms with E-state index >= 15 is 0 Å². The number of hydrogen-bond donors (Lipinski definition) is 2. The molecule has 0 aliphatic rings. The number of fused-ring (bicyclic) bond motifs is 1. The van der Waals surface area contributed by atoms with Crippen LogP contribution in [0.3, 0.4) is 0 Å². The Labute approximate surface area is 142 Å². The fourth-order valence-corrected chi connectivity index (χ4v) is 3.79. The fraction of sp³-hybridized carbons (Fsp3) is 0.278. The number of rotatable bonds is 6. The Morgan fingerprint density at radius 1 is 1.12 bits per heavy atom. The minimum atomic E-state index is -3.43. The van der Waals surface area contributed by atoms with E-state index in [-0.39, 0.29) is 4.90 Å². The van der Waals surface area contributed by atoms with Crippen molar-refractivity contribution in [3.05, 3.63) is 48.3 Å². The summed E-state index contributed by atoms with van der Waals surface area (Å²) in [4.78, 5) is 7.95. The highest BCUT2D eigenvalue weighted by molar-refractivity contribution is 7.89. The van der Waals surface area contributed by atoms with Gasteiger partial charge in [0.25, 0.3) is 0 Å². The van der Waals surface area contributed by atoms with Crippen LogP contribution in [0.1, 0.15) is 26.0 Å². The van der Waals surface area contributed by atoms with Crippen molar-refractivity contribution in [3.63, 3.8) is 0 Å². The molecule has 6 heteroatoms. The smallest absolute Gasteiger partial charge is 0.240 e. The summed E-state index contributed by atoms with van der Waals surface area (Å²) in [5.74, 6) is 0. The van der Waals surface area contributed by atoms with Crippen LogP contribution < -0.4 is 4.72 Å². The molecule has 0 aliphatic carbocycles. The van der Waals surface area contributed by atoms with Gasteiger partial charge in [0.1, 0.15) is 5.65 Å². The third-order valence-electron chi connectivity index (χ3n) is 3.99. The van der Waals surface area contributed by atoms with Gasteiger partial charge in [0, 0.05) is 23.8 Å². The molecule has 0 radical (unpaired) electrons. The van der Waals surface area contributed by atoms with E-state index in [2.05, 4.69) is 27.7 Å². The number of benzene rings is 1. The van der Waals surface area contributed by atoms with Crippen LogP contribution in [0.15, 0.2) is 47.5 Å². The van der Waals surface area contributed by atoms with Gasteiger partial charge < -0.3 is 4.98 Å². The van der Waals surface area contributed by atoms with Crippen molar-refractivity contribution in [2.24, 2.45) is 0 Å². The number of aromatic nitrogens is 2. The Morgan fingerprint density at radius 2 is 1.88 bits per heavy atom. The van der Waals surface area contributed by atoms with Gasteiger partial charge in [-0.25, -0.2) is 18.1 Å². The van der Waals surface area contributed by atoms with Gasteiger partial charge in [-0.1, -0.05) is 26.0 Å². The number of aryl methyl sites for hydroxylation is 1. The van der Waals surface area contributed by atoms with Crippen molar-refractivity contribution in [3.8, 4) is 11.1 Å². The van der Waals surface area contributed by atoms with E-state index in [4.69, 9.17) is 0 Å². The lowest BCUT2D eigenvalue weighted by molar-refractivity contribution is 0.581. The molecule has 0 saturated carbocycles. The summed E-state index contributed by atoms with van der Waals surface area (Å²) < 4.78 is 26.9. The predicted octanol–water partition coefficient (Wildman–Crippen LogP) is 3.48. The topological polar surface area (TPSA) is 74.8 Å². The average molecular weight is 343 g/mol. The second-order valence-corrected chi connectivity index (χ2v) is 7.46. The Kier molecular flexibility index (Phi) is 4.69. The third-order valence-corrected chi connectivity index (χ3v) is 5.46. The summed E-state index contributed by atoms with van der Waals surface area (Å²) in [6.07, 6.45) is 3.44. The second kappa shape index (κ2) is 6.75. The minimum absolute atomic E-state index is 0.285. The van der Waals surface area contributed by atoms with Gasteiger partial charge in [0.2, 0.25) is 10.0 Å². The van der Waals surface area contributed by atoms with Gasteiger partial charge in [0.15, 0.2) is 0 Å². The van der Waals surface area contributed by atoms with Gasteiger partial charge in [0.05, 0.1) is 4.90 Å². The molecule has 1 aromatic carbocycles. The zero-order valence-electron chi connectivity index (χ0n) is 13.8. The zero-order valence-corrected chi connectivity index (χ0v) is 14.7. The quantitative estimate of drug-likeness (QED) is 0.719. The fourth-order valence-electron chi connectivity index (χ4n) is 2.66. The first-order valence-electron chi connectivity index (χ1n) is 8.12. The molecule has 0 bridgehead atoms. The standard InChI is InChI=1S/C18H21N3O2S/c1-3-10-20-24(22,23)15-7-5-13(6-8-15)16-9-11-19-18-17(16)12-14(4-2)21-18/h5-9,11-12,20H,3-4,10H2,1-2H3,(H,19,21). The molecule has 0 fully saturated rings. The highest BCUT2D eigenvalue weighted by atomic mass is 32.2. The van der Waals surface area contributed by atoms with E-state index in [1.807, 2.05) is 25.1 Å². The maximum absolute atomic E-state index is 12.2. The Balaban J connectivity index is 1.98. The molecule has 24 heavy (non-hydrogen) atoms. The molecule has 2 aromatic heterocycles. The molecule has 2 heterocycles. The van der Waals surface area contributed by atoms with Crippen molar-refractivity contribution in [2.75, 3.05) is 6.54 Å². The maximum Gasteiger partial charge on any atom is 0.240 e. The Hall–Kier alpha value is -2.18. The van der Waals surface area contributed by atoms with Gasteiger partial charge in [-0.3, -0.25) is 0 Å². The molecule has 126 valence electrons. The molecule has 0 aliphatic heterocycles. The Bertz CT molecular complexity index is 944. The lowest BCUT2D eigenvalue weighted by Gasteiger charge is -2.07. The maximum atomic E-state index is 12.2. The summed E-state index contributed by atoms with van der Waals surface area (Å²) in [7, 11) is -3.43. The van der Waals surface area contributed by atoms with E-state index in [1.54, 1.807) is 18.3 Å². The molecular formula is C18H21N3O2S. The van der Waals surface area contributed by atoms with E-state index in [1.165, 1.54) is 0 Å². The highest BCUT2D eigenvalue weighted by Gasteiger charge is 2.14. The van der Waals surface area contributed by atoms with Crippen LogP contribution in [0, 0.1) is 0 Å². The van der Waals surface area contributed by atoms with Gasteiger partial charge in [-0.2, -0.15) is 0 Å². The molecule has 0 saturated heterocycles. The number of sulfonamides is 1. The first-order valence-corrected chi connectivity index (χ1v) is 9.60. The van der Waals surface area contributed by atoms with Crippen LogP contribution in [0.4, 0.5) is 0 Å². The lowest BCUT2D eigenvalue weighted by atomic mass is 10.0. The zero-order chi connectivity index (χ0) is 17.2. The van der Waals surface area contributed by atoms with Crippen molar-refractivity contribution in [1.82, 2.24) is 14.7 Å². The predicted molar refractivity (Wildman–Crippen MR) is 96.4 cm³/mol. The van der Waals surface area contributed by atoms with Crippen molar-refractivity contribution < 1.29 is 8.42 Å². The van der Waals surface area contributed by atoms with Crippen LogP contribution in [-0.4, -0.2) is 24.9 Å². The molecule has 3 rings (SSSR count). The van der Waals surface area contributed by atoms with Crippen LogP contribution in [0.5, 0.6) is 0 Å². The number of nitrogens with one attached hydrogen (secondary N) is 2. The highest BCUT2D eigenvalue weighted by Crippen LogP contribution is 2.29. The normalized spacial score (nSPS) is 11.9. The molecule has 0 atom stereocenters. The summed E-state index contributed by atoms with van der Waals surface area (Å²) in [5, 5.41) is 1.05. The van der Waals surface area contributed by atoms with Crippen LogP contribution in [-0.2, 0) is 16.4 Å². The van der Waals surface area contributed by atoms with E-state index in [0.29, 0.717) is 6.54 Å². The molecule has 2 N–H and O–H groups in total. The van der Waals surface area contributed by atoms with Crippen LogP contribution in [0.2, 0.25) is 0 Å². The first-order chi connectivity index (χ1) is 11.5. The molecule has 0 spiro atoms. The summed E-state index contributed by atoms with van der Waals surface area (Å²) in [5.41, 5.74) is 4.00. The Morgan fingerprint density at radius 3 is 2.54 bits per heavy atom. The number of hydrogen-bond acceptors (Lipinski definition) is 3. The van der Waals surface area contributed by atoms with Crippen LogP contribution in [0.25, 0.3) is 22.2 Å². The van der Waals surface area contributed by atoms with E-state index < -0.39 is 10.0 Å². The average Bonchev–Trinajstić information content (AvgIpc) is 3.03. The molecule has 0 amide bonds. The van der Waals surface area contributed by atoms with Gasteiger partial charge in [-0.05, 0) is 48.2 Å². The van der Waals surface area contributed by atoms with Crippen molar-refractivity contribution in [1.29, 1.82) is 0 Å². The lowest BCUT2D eigenvalue weighted by Crippen LogP contribution is -2.24. The van der Waals surface area contributed by atoms with Crippen molar-refractivity contribution in [2.45, 2.75) is 31.6 Å². The van der Waals surface area contributed by atoms with E-state index in [9.17, 15) is 8.42 Å². The van der Waals surface area contributed by atoms with Gasteiger partial charge in [-0.15, -0.1) is 0 Å². The number of pyridine rings is 1. The monoisotopic (exact) mass is 343 g/mol. The summed E-state index contributed by atoms with van der Waals surface area (Å²) in [6.45, 7) is 4.47. The first kappa shape index (κ1) is 16.7. The molecular weight excluding hydrogens is 322 g/mol. The minimum Gasteiger partial charge on any atom is -0.343 e. The molecule has 3 aromatic rings. The number of H-pyrrole nitrogens is 1. The second-order valence-electron chi connectivity index (χ2n) is 5.69. The number of aromatic amines is 1. The summed E-state index contributed by atoms with van der Waals surface area (Å²) >= 11 is 0. The van der Waals surface area contributed by atoms with Crippen LogP contribution >= 0.6 is 0 Å². The van der Waals surface area contributed by atoms with Crippen molar-refractivity contribution >= 4 is 21.1 Å². The molecule has 5 nitrogen and oxygen atoms in total. The largest absolute Gasteiger partial charge is 0.343 e. The SMILES string of the molecule is CCCNS(=O)(=O)c1ccc(-c2ccnc3[nH]c(CC)cc23)cc1. The summed E-state index contributed by atoms with van der Waals surface area (Å²) in [6, 6.07) is 11.0.